The number of rotatable bonds is 10. The van der Waals surface area contributed by atoms with Crippen LogP contribution in [0, 0.1) is 16.0 Å². The zero-order valence-electron chi connectivity index (χ0n) is 20.3. The summed E-state index contributed by atoms with van der Waals surface area (Å²) < 4.78 is 16.0. The average molecular weight is 497 g/mol. The summed E-state index contributed by atoms with van der Waals surface area (Å²) in [4.78, 5) is 41.1. The van der Waals surface area contributed by atoms with Crippen LogP contribution in [0.4, 0.5) is 5.69 Å². The van der Waals surface area contributed by atoms with Crippen LogP contribution < -0.4 is 4.74 Å². The number of ether oxygens (including phenoxy) is 3. The number of non-ortho nitro benzene ring substituents is 1. The summed E-state index contributed by atoms with van der Waals surface area (Å²) in [7, 11) is 1.23. The van der Waals surface area contributed by atoms with E-state index in [0.717, 1.165) is 5.56 Å². The molecule has 10 nitrogen and oxygen atoms in total. The minimum Gasteiger partial charge on any atom is -0.490 e. The maximum atomic E-state index is 13.2. The summed E-state index contributed by atoms with van der Waals surface area (Å²) in [5, 5.41) is 20.4. The Morgan fingerprint density at radius 3 is 2.47 bits per heavy atom. The van der Waals surface area contributed by atoms with Gasteiger partial charge in [0.25, 0.3) is 5.69 Å². The number of benzene rings is 2. The number of aliphatic hydroxyl groups is 1. The van der Waals surface area contributed by atoms with E-state index in [1.54, 1.807) is 32.0 Å². The van der Waals surface area contributed by atoms with Gasteiger partial charge in [-0.15, -0.1) is 0 Å². The standard InChI is InChI=1S/C26H28N2O8/c1-16-22(25(30)34-3)24(19-5-4-6-20(15-19)28(32)33)23(17(2)27-16)26(31)36-14-13-35-21-9-7-18(8-10-21)11-12-29/h4-10,15,22,24,29H,11-14H2,1-3H3. The van der Waals surface area contributed by atoms with Crippen molar-refractivity contribution in [1.29, 1.82) is 0 Å². The molecular weight excluding hydrogens is 468 g/mol. The Morgan fingerprint density at radius 1 is 1.11 bits per heavy atom. The molecule has 1 aliphatic rings. The number of carbonyl (C=O) groups excluding carboxylic acids is 2. The average Bonchev–Trinajstić information content (AvgIpc) is 2.86. The van der Waals surface area contributed by atoms with Crippen molar-refractivity contribution in [3.8, 4) is 5.75 Å². The Morgan fingerprint density at radius 2 is 1.83 bits per heavy atom. The Bertz CT molecular complexity index is 1190. The first kappa shape index (κ1) is 26.6. The van der Waals surface area contributed by atoms with Crippen LogP contribution in [0.2, 0.25) is 0 Å². The summed E-state index contributed by atoms with van der Waals surface area (Å²) in [5.41, 5.74) is 2.12. The number of nitro benzene ring substituents is 1. The minimum atomic E-state index is -0.947. The van der Waals surface area contributed by atoms with E-state index >= 15 is 0 Å². The molecule has 0 radical (unpaired) electrons. The molecule has 2 aromatic carbocycles. The van der Waals surface area contributed by atoms with Gasteiger partial charge in [-0.05, 0) is 43.5 Å². The molecule has 1 heterocycles. The number of aliphatic hydroxyl groups excluding tert-OH is 1. The van der Waals surface area contributed by atoms with E-state index in [4.69, 9.17) is 19.3 Å². The lowest BCUT2D eigenvalue weighted by Gasteiger charge is -2.31. The third kappa shape index (κ3) is 6.14. The zero-order valence-corrected chi connectivity index (χ0v) is 20.3. The van der Waals surface area contributed by atoms with Crippen molar-refractivity contribution >= 4 is 23.3 Å². The van der Waals surface area contributed by atoms with Crippen LogP contribution in [-0.2, 0) is 25.5 Å². The van der Waals surface area contributed by atoms with E-state index in [1.807, 2.05) is 12.1 Å². The summed E-state index contributed by atoms with van der Waals surface area (Å²) >= 11 is 0. The number of methoxy groups -OCH3 is 1. The number of carbonyl (C=O) groups is 2. The van der Waals surface area contributed by atoms with Crippen LogP contribution in [0.15, 0.2) is 64.8 Å². The van der Waals surface area contributed by atoms with Gasteiger partial charge >= 0.3 is 11.9 Å². The molecule has 0 fully saturated rings. The first-order valence-corrected chi connectivity index (χ1v) is 11.3. The molecule has 0 saturated carbocycles. The van der Waals surface area contributed by atoms with Gasteiger partial charge < -0.3 is 19.3 Å². The van der Waals surface area contributed by atoms with Gasteiger partial charge in [0.2, 0.25) is 0 Å². The minimum absolute atomic E-state index is 0.0587. The van der Waals surface area contributed by atoms with Crippen LogP contribution >= 0.6 is 0 Å². The zero-order chi connectivity index (χ0) is 26.2. The third-order valence-electron chi connectivity index (χ3n) is 5.85. The largest absolute Gasteiger partial charge is 0.490 e. The molecule has 0 bridgehead atoms. The molecule has 0 saturated heterocycles. The van der Waals surface area contributed by atoms with Crippen molar-refractivity contribution in [2.24, 2.45) is 10.9 Å². The molecule has 10 heteroatoms. The molecule has 1 N–H and O–H groups in total. The van der Waals surface area contributed by atoms with Gasteiger partial charge in [-0.3, -0.25) is 19.9 Å². The topological polar surface area (TPSA) is 138 Å². The summed E-state index contributed by atoms with van der Waals surface area (Å²) in [6.45, 7) is 3.35. The monoisotopic (exact) mass is 496 g/mol. The maximum Gasteiger partial charge on any atom is 0.336 e. The summed E-state index contributed by atoms with van der Waals surface area (Å²) in [6.07, 6.45) is 0.548. The van der Waals surface area contributed by atoms with E-state index in [2.05, 4.69) is 4.99 Å². The van der Waals surface area contributed by atoms with Crippen molar-refractivity contribution in [2.75, 3.05) is 26.9 Å². The van der Waals surface area contributed by atoms with E-state index in [1.165, 1.54) is 25.3 Å². The Kier molecular flexibility index (Phi) is 8.91. The highest BCUT2D eigenvalue weighted by molar-refractivity contribution is 6.07. The highest BCUT2D eigenvalue weighted by Crippen LogP contribution is 2.40. The maximum absolute atomic E-state index is 13.2. The molecule has 0 aromatic heterocycles. The molecule has 0 spiro atoms. The number of nitrogens with zero attached hydrogens (tertiary/aromatic N) is 2. The third-order valence-corrected chi connectivity index (χ3v) is 5.85. The Labute approximate surface area is 208 Å². The molecule has 190 valence electrons. The molecule has 2 aromatic rings. The number of esters is 2. The van der Waals surface area contributed by atoms with E-state index in [9.17, 15) is 19.7 Å². The lowest BCUT2D eigenvalue weighted by molar-refractivity contribution is -0.384. The number of allylic oxidation sites excluding steroid dienone is 1. The normalized spacial score (nSPS) is 17.3. The highest BCUT2D eigenvalue weighted by Gasteiger charge is 2.42. The van der Waals surface area contributed by atoms with Gasteiger partial charge in [-0.1, -0.05) is 24.3 Å². The van der Waals surface area contributed by atoms with Gasteiger partial charge in [0.05, 0.1) is 17.6 Å². The van der Waals surface area contributed by atoms with Crippen molar-refractivity contribution in [3.63, 3.8) is 0 Å². The number of hydrogen-bond acceptors (Lipinski definition) is 9. The summed E-state index contributed by atoms with van der Waals surface area (Å²) in [6, 6.07) is 13.0. The lowest BCUT2D eigenvalue weighted by Crippen LogP contribution is -2.36. The fourth-order valence-corrected chi connectivity index (χ4v) is 4.18. The second kappa shape index (κ2) is 12.1. The molecular formula is C26H28N2O8. The van der Waals surface area contributed by atoms with Gasteiger partial charge in [0.15, 0.2) is 0 Å². The number of hydrogen-bond donors (Lipinski definition) is 1. The van der Waals surface area contributed by atoms with Crippen LogP contribution in [-0.4, -0.2) is 54.6 Å². The van der Waals surface area contributed by atoms with Gasteiger partial charge in [0, 0.05) is 36.1 Å². The van der Waals surface area contributed by atoms with Gasteiger partial charge in [-0.25, -0.2) is 4.79 Å². The van der Waals surface area contributed by atoms with Gasteiger partial charge in [0.1, 0.15) is 24.9 Å². The van der Waals surface area contributed by atoms with E-state index in [0.29, 0.717) is 29.1 Å². The van der Waals surface area contributed by atoms with Crippen molar-refractivity contribution in [2.45, 2.75) is 26.2 Å². The van der Waals surface area contributed by atoms with Crippen LogP contribution in [0.1, 0.15) is 30.9 Å². The van der Waals surface area contributed by atoms with Crippen molar-refractivity contribution in [1.82, 2.24) is 0 Å². The molecule has 2 unspecified atom stereocenters. The first-order valence-electron chi connectivity index (χ1n) is 11.3. The molecule has 2 atom stereocenters. The van der Waals surface area contributed by atoms with Gasteiger partial charge in [-0.2, -0.15) is 0 Å². The molecule has 1 aliphatic heterocycles. The Hall–Kier alpha value is -4.05. The van der Waals surface area contributed by atoms with Crippen molar-refractivity contribution in [3.05, 3.63) is 81.0 Å². The SMILES string of the molecule is COC(=O)C1C(C)=NC(C)=C(C(=O)OCCOc2ccc(CCO)cc2)C1c1cccc([N+](=O)[O-])c1. The Balaban J connectivity index is 1.80. The summed E-state index contributed by atoms with van der Waals surface area (Å²) in [5.74, 6) is -2.55. The molecule has 0 amide bonds. The second-order valence-electron chi connectivity index (χ2n) is 8.18. The fraction of sp³-hybridized carbons (Fsp3) is 0.346. The molecule has 3 rings (SSSR count). The predicted octanol–water partition coefficient (Wildman–Crippen LogP) is 3.37. The number of nitro groups is 1. The van der Waals surface area contributed by atoms with Crippen molar-refractivity contribution < 1.29 is 33.8 Å². The predicted molar refractivity (Wildman–Crippen MR) is 131 cm³/mol. The second-order valence-corrected chi connectivity index (χ2v) is 8.18. The fourth-order valence-electron chi connectivity index (χ4n) is 4.18. The van der Waals surface area contributed by atoms with Crippen LogP contribution in [0.3, 0.4) is 0 Å². The quantitative estimate of drug-likeness (QED) is 0.229. The van der Waals surface area contributed by atoms with E-state index in [-0.39, 0.29) is 31.1 Å². The smallest absolute Gasteiger partial charge is 0.336 e. The number of aliphatic imine (C=N–C) groups is 1. The first-order chi connectivity index (χ1) is 17.3. The van der Waals surface area contributed by atoms with E-state index < -0.39 is 28.7 Å². The van der Waals surface area contributed by atoms with Crippen LogP contribution in [0.5, 0.6) is 5.75 Å². The van der Waals surface area contributed by atoms with Crippen LogP contribution in [0.25, 0.3) is 0 Å². The highest BCUT2D eigenvalue weighted by atomic mass is 16.6. The lowest BCUT2D eigenvalue weighted by atomic mass is 9.75. The molecule has 0 aliphatic carbocycles. The molecule has 36 heavy (non-hydrogen) atoms.